The third-order valence-corrected chi connectivity index (χ3v) is 3.68. The predicted molar refractivity (Wildman–Crippen MR) is 77.2 cm³/mol. The number of rotatable bonds is 3. The van der Waals surface area contributed by atoms with Gasteiger partial charge in [0.25, 0.3) is 0 Å². The fraction of sp³-hybridized carbons (Fsp3) is 0.800. The fourth-order valence-electron chi connectivity index (χ4n) is 2.74. The highest BCUT2D eigenvalue weighted by Gasteiger charge is 2.23. The van der Waals surface area contributed by atoms with Gasteiger partial charge in [-0.05, 0) is 19.8 Å². The molecule has 2 rings (SSSR count). The smallest absolute Gasteiger partial charge is 0.0722 e. The Morgan fingerprint density at radius 3 is 2.84 bits per heavy atom. The molecule has 4 nitrogen and oxygen atoms in total. The molecule has 1 aromatic heterocycles. The summed E-state index contributed by atoms with van der Waals surface area (Å²) in [5, 5.41) is 8.27. The molecule has 2 heterocycles. The van der Waals surface area contributed by atoms with E-state index in [1.807, 2.05) is 11.7 Å². The molecular formula is C15H27N3O. The molecule has 0 bridgehead atoms. The van der Waals surface area contributed by atoms with Crippen LogP contribution in [0.5, 0.6) is 0 Å². The number of ether oxygens (including phenoxy) is 1. The van der Waals surface area contributed by atoms with Gasteiger partial charge in [-0.3, -0.25) is 4.68 Å². The van der Waals surface area contributed by atoms with Gasteiger partial charge in [0.2, 0.25) is 0 Å². The SMILES string of the molecule is CC1CC(NCc2cn(C)nc2C(C)(C)C)CCO1. The lowest BCUT2D eigenvalue weighted by Gasteiger charge is -2.28. The van der Waals surface area contributed by atoms with Crippen LogP contribution in [0, 0.1) is 0 Å². The Labute approximate surface area is 116 Å². The minimum Gasteiger partial charge on any atom is -0.378 e. The molecule has 4 heteroatoms. The first-order chi connectivity index (χ1) is 8.86. The molecule has 0 amide bonds. The minimum absolute atomic E-state index is 0.0985. The second-order valence-electron chi connectivity index (χ2n) is 6.71. The molecule has 108 valence electrons. The van der Waals surface area contributed by atoms with Crippen molar-refractivity contribution in [3.05, 3.63) is 17.5 Å². The molecule has 1 saturated heterocycles. The van der Waals surface area contributed by atoms with Gasteiger partial charge >= 0.3 is 0 Å². The molecule has 1 fully saturated rings. The normalized spacial score (nSPS) is 24.7. The maximum absolute atomic E-state index is 5.59. The van der Waals surface area contributed by atoms with Gasteiger partial charge in [0.05, 0.1) is 11.8 Å². The van der Waals surface area contributed by atoms with E-state index < -0.39 is 0 Å². The molecule has 0 aliphatic carbocycles. The Morgan fingerprint density at radius 2 is 2.21 bits per heavy atom. The van der Waals surface area contributed by atoms with Crippen LogP contribution in [0.4, 0.5) is 0 Å². The summed E-state index contributed by atoms with van der Waals surface area (Å²) in [4.78, 5) is 0. The molecule has 1 aliphatic rings. The van der Waals surface area contributed by atoms with E-state index in [1.165, 1.54) is 11.3 Å². The molecule has 1 aromatic rings. The van der Waals surface area contributed by atoms with Crippen molar-refractivity contribution >= 4 is 0 Å². The fourth-order valence-corrected chi connectivity index (χ4v) is 2.74. The van der Waals surface area contributed by atoms with Crippen LogP contribution >= 0.6 is 0 Å². The zero-order valence-corrected chi connectivity index (χ0v) is 12.9. The van der Waals surface area contributed by atoms with Gasteiger partial charge in [-0.25, -0.2) is 0 Å². The Morgan fingerprint density at radius 1 is 1.47 bits per heavy atom. The van der Waals surface area contributed by atoms with Crippen LogP contribution in [0.3, 0.4) is 0 Å². The van der Waals surface area contributed by atoms with Gasteiger partial charge in [-0.15, -0.1) is 0 Å². The summed E-state index contributed by atoms with van der Waals surface area (Å²) < 4.78 is 7.51. The van der Waals surface area contributed by atoms with E-state index in [1.54, 1.807) is 0 Å². The van der Waals surface area contributed by atoms with Crippen molar-refractivity contribution in [2.75, 3.05) is 6.61 Å². The molecule has 2 atom stereocenters. The van der Waals surface area contributed by atoms with Gasteiger partial charge in [0.1, 0.15) is 0 Å². The molecule has 19 heavy (non-hydrogen) atoms. The first kappa shape index (κ1) is 14.5. The van der Waals surface area contributed by atoms with Crippen LogP contribution in [-0.4, -0.2) is 28.5 Å². The average Bonchev–Trinajstić information content (AvgIpc) is 2.68. The van der Waals surface area contributed by atoms with Gasteiger partial charge in [-0.2, -0.15) is 5.10 Å². The quantitative estimate of drug-likeness (QED) is 0.912. The summed E-state index contributed by atoms with van der Waals surface area (Å²) >= 11 is 0. The minimum atomic E-state index is 0.0985. The van der Waals surface area contributed by atoms with E-state index in [4.69, 9.17) is 4.74 Å². The van der Waals surface area contributed by atoms with E-state index in [9.17, 15) is 0 Å². The second-order valence-corrected chi connectivity index (χ2v) is 6.71. The first-order valence-electron chi connectivity index (χ1n) is 7.24. The van der Waals surface area contributed by atoms with Crippen molar-refractivity contribution in [2.45, 2.75) is 64.6 Å². The number of aryl methyl sites for hydroxylation is 1. The van der Waals surface area contributed by atoms with Gasteiger partial charge in [-0.1, -0.05) is 20.8 Å². The number of aromatic nitrogens is 2. The largest absolute Gasteiger partial charge is 0.378 e. The maximum Gasteiger partial charge on any atom is 0.0722 e. The average molecular weight is 265 g/mol. The lowest BCUT2D eigenvalue weighted by molar-refractivity contribution is 0.0130. The molecule has 1 N–H and O–H groups in total. The number of nitrogens with one attached hydrogen (secondary N) is 1. The lowest BCUT2D eigenvalue weighted by atomic mass is 9.89. The predicted octanol–water partition coefficient (Wildman–Crippen LogP) is 2.37. The highest BCUT2D eigenvalue weighted by atomic mass is 16.5. The van der Waals surface area contributed by atoms with Crippen LogP contribution in [0.25, 0.3) is 0 Å². The zero-order chi connectivity index (χ0) is 14.0. The Kier molecular flexibility index (Phi) is 4.31. The number of nitrogens with zero attached hydrogens (tertiary/aromatic N) is 2. The Hall–Kier alpha value is -0.870. The topological polar surface area (TPSA) is 39.1 Å². The van der Waals surface area contributed by atoms with Crippen molar-refractivity contribution in [3.63, 3.8) is 0 Å². The zero-order valence-electron chi connectivity index (χ0n) is 12.9. The van der Waals surface area contributed by atoms with E-state index in [-0.39, 0.29) is 5.41 Å². The highest BCUT2D eigenvalue weighted by molar-refractivity contribution is 5.23. The summed E-state index contributed by atoms with van der Waals surface area (Å²) in [6.07, 6.45) is 4.72. The van der Waals surface area contributed by atoms with Crippen LogP contribution in [0.2, 0.25) is 0 Å². The number of hydrogen-bond acceptors (Lipinski definition) is 3. The summed E-state index contributed by atoms with van der Waals surface area (Å²) in [5.41, 5.74) is 2.61. The van der Waals surface area contributed by atoms with Crippen LogP contribution in [0.15, 0.2) is 6.20 Å². The molecule has 2 unspecified atom stereocenters. The monoisotopic (exact) mass is 265 g/mol. The third-order valence-electron chi connectivity index (χ3n) is 3.68. The lowest BCUT2D eigenvalue weighted by Crippen LogP contribution is -2.37. The molecule has 0 radical (unpaired) electrons. The van der Waals surface area contributed by atoms with E-state index in [0.29, 0.717) is 12.1 Å². The Balaban J connectivity index is 1.99. The van der Waals surface area contributed by atoms with Crippen molar-refractivity contribution < 1.29 is 4.74 Å². The summed E-state index contributed by atoms with van der Waals surface area (Å²) in [5.74, 6) is 0. The molecule has 1 aliphatic heterocycles. The van der Waals surface area contributed by atoms with Crippen molar-refractivity contribution in [3.8, 4) is 0 Å². The third kappa shape index (κ3) is 3.80. The van der Waals surface area contributed by atoms with Crippen molar-refractivity contribution in [1.29, 1.82) is 0 Å². The molecule has 0 spiro atoms. The first-order valence-corrected chi connectivity index (χ1v) is 7.24. The standard InChI is InChI=1S/C15H27N3O/c1-11-8-13(6-7-19-11)16-9-12-10-18(5)17-14(12)15(2,3)4/h10-11,13,16H,6-9H2,1-5H3. The summed E-state index contributed by atoms with van der Waals surface area (Å²) in [6, 6.07) is 0.566. The van der Waals surface area contributed by atoms with Crippen LogP contribution in [-0.2, 0) is 23.7 Å². The van der Waals surface area contributed by atoms with Gasteiger partial charge in [0, 0.05) is 43.4 Å². The molecule has 0 saturated carbocycles. The van der Waals surface area contributed by atoms with Crippen molar-refractivity contribution in [1.82, 2.24) is 15.1 Å². The maximum atomic E-state index is 5.59. The van der Waals surface area contributed by atoms with Gasteiger partial charge < -0.3 is 10.1 Å². The van der Waals surface area contributed by atoms with E-state index in [2.05, 4.69) is 44.3 Å². The molecule has 0 aromatic carbocycles. The number of hydrogen-bond donors (Lipinski definition) is 1. The van der Waals surface area contributed by atoms with E-state index >= 15 is 0 Å². The summed E-state index contributed by atoms with van der Waals surface area (Å²) in [6.45, 7) is 10.6. The van der Waals surface area contributed by atoms with Crippen molar-refractivity contribution in [2.24, 2.45) is 7.05 Å². The summed E-state index contributed by atoms with van der Waals surface area (Å²) in [7, 11) is 2.00. The highest BCUT2D eigenvalue weighted by Crippen LogP contribution is 2.24. The van der Waals surface area contributed by atoms with Crippen LogP contribution in [0.1, 0.15) is 51.8 Å². The van der Waals surface area contributed by atoms with Gasteiger partial charge in [0.15, 0.2) is 0 Å². The Bertz CT molecular complexity index is 420. The second kappa shape index (κ2) is 5.63. The van der Waals surface area contributed by atoms with Crippen LogP contribution < -0.4 is 5.32 Å². The van der Waals surface area contributed by atoms with E-state index in [0.717, 1.165) is 26.0 Å². The molecular weight excluding hydrogens is 238 g/mol.